The second-order valence-electron chi connectivity index (χ2n) is 5.43. The van der Waals surface area contributed by atoms with Crippen LogP contribution in [0.2, 0.25) is 10.0 Å². The van der Waals surface area contributed by atoms with Gasteiger partial charge in [0, 0.05) is 15.1 Å². The average Bonchev–Trinajstić information content (AvgIpc) is 2.97. The normalized spacial score (nSPS) is 10.5. The summed E-state index contributed by atoms with van der Waals surface area (Å²) in [6, 6.07) is 9.33. The van der Waals surface area contributed by atoms with Crippen LogP contribution in [0.4, 0.5) is 11.4 Å². The summed E-state index contributed by atoms with van der Waals surface area (Å²) >= 11 is 18.5. The molecule has 0 saturated carbocycles. The number of anilines is 1. The molecule has 2 N–H and O–H groups in total. The van der Waals surface area contributed by atoms with E-state index in [0.29, 0.717) is 16.2 Å². The fourth-order valence-corrected chi connectivity index (χ4v) is 4.28. The maximum absolute atomic E-state index is 12.5. The third-order valence-corrected chi connectivity index (χ3v) is 5.77. The lowest BCUT2D eigenvalue weighted by molar-refractivity contribution is -0.384. The molecule has 0 aliphatic heterocycles. The molecule has 3 aromatic rings. The molecule has 0 aliphatic rings. The molecule has 1 amide bonds. The Hall–Kier alpha value is -2.46. The second-order valence-corrected chi connectivity index (χ2v) is 7.71. The maximum Gasteiger partial charge on any atom is 0.296 e. The Kier molecular flexibility index (Phi) is 5.99. The molecule has 2 aromatic carbocycles. The molecule has 144 valence electrons. The number of fused-ring (bicyclic) bond motifs is 1. The molecule has 0 unspecified atom stereocenters. The van der Waals surface area contributed by atoms with Gasteiger partial charge in [0.25, 0.3) is 11.6 Å². The number of amides is 1. The van der Waals surface area contributed by atoms with E-state index in [1.54, 1.807) is 18.2 Å². The van der Waals surface area contributed by atoms with Crippen LogP contribution in [-0.2, 0) is 0 Å². The Bertz CT molecular complexity index is 1120. The summed E-state index contributed by atoms with van der Waals surface area (Å²) in [5, 5.41) is 17.8. The van der Waals surface area contributed by atoms with Gasteiger partial charge >= 0.3 is 0 Å². The first kappa shape index (κ1) is 20.3. The third kappa shape index (κ3) is 4.17. The van der Waals surface area contributed by atoms with Crippen molar-refractivity contribution in [3.05, 3.63) is 61.4 Å². The first-order valence-electron chi connectivity index (χ1n) is 7.62. The Morgan fingerprint density at radius 2 is 2.00 bits per heavy atom. The van der Waals surface area contributed by atoms with E-state index >= 15 is 0 Å². The van der Waals surface area contributed by atoms with Gasteiger partial charge in [0.15, 0.2) is 5.11 Å². The fraction of sp³-hybridized carbons (Fsp3) is 0.0588. The van der Waals surface area contributed by atoms with Gasteiger partial charge in [-0.2, -0.15) is 0 Å². The molecule has 0 aliphatic carbocycles. The number of carbonyl (C=O) groups excluding carboxylic acids is 1. The lowest BCUT2D eigenvalue weighted by atomic mass is 10.2. The number of benzene rings is 2. The number of methoxy groups -OCH3 is 1. The Morgan fingerprint density at radius 3 is 2.68 bits per heavy atom. The smallest absolute Gasteiger partial charge is 0.296 e. The minimum atomic E-state index is -0.581. The van der Waals surface area contributed by atoms with Crippen molar-refractivity contribution in [2.24, 2.45) is 0 Å². The summed E-state index contributed by atoms with van der Waals surface area (Å²) in [6.07, 6.45) is 0. The molecular formula is C17H11Cl2N3O4S2. The highest BCUT2D eigenvalue weighted by Crippen LogP contribution is 2.36. The summed E-state index contributed by atoms with van der Waals surface area (Å²) < 4.78 is 5.74. The number of nitrogens with zero attached hydrogens (tertiary/aromatic N) is 1. The summed E-state index contributed by atoms with van der Waals surface area (Å²) in [7, 11) is 1.40. The van der Waals surface area contributed by atoms with E-state index in [1.807, 2.05) is 0 Å². The van der Waals surface area contributed by atoms with Gasteiger partial charge in [-0.15, -0.1) is 11.3 Å². The summed E-state index contributed by atoms with van der Waals surface area (Å²) in [4.78, 5) is 23.5. The number of rotatable bonds is 4. The van der Waals surface area contributed by atoms with Crippen LogP contribution in [0, 0.1) is 10.1 Å². The Morgan fingerprint density at radius 1 is 1.25 bits per heavy atom. The first-order valence-corrected chi connectivity index (χ1v) is 9.60. The van der Waals surface area contributed by atoms with Crippen LogP contribution in [0.25, 0.3) is 10.1 Å². The zero-order valence-electron chi connectivity index (χ0n) is 14.1. The fourth-order valence-electron chi connectivity index (χ4n) is 2.39. The lowest BCUT2D eigenvalue weighted by Gasteiger charge is -2.10. The number of ether oxygens (including phenoxy) is 1. The highest BCUT2D eigenvalue weighted by molar-refractivity contribution is 7.80. The zero-order chi connectivity index (χ0) is 20.4. The van der Waals surface area contributed by atoms with Crippen molar-refractivity contribution in [1.82, 2.24) is 5.32 Å². The quantitative estimate of drug-likeness (QED) is 0.316. The largest absolute Gasteiger partial charge is 0.496 e. The van der Waals surface area contributed by atoms with E-state index in [1.165, 1.54) is 36.6 Å². The van der Waals surface area contributed by atoms with Gasteiger partial charge in [-0.25, -0.2) is 0 Å². The van der Waals surface area contributed by atoms with Crippen LogP contribution in [0.15, 0.2) is 36.4 Å². The number of carbonyl (C=O) groups is 1. The van der Waals surface area contributed by atoms with Crippen molar-refractivity contribution in [3.8, 4) is 5.75 Å². The topological polar surface area (TPSA) is 93.5 Å². The predicted molar refractivity (Wildman–Crippen MR) is 115 cm³/mol. The molecule has 0 spiro atoms. The monoisotopic (exact) mass is 455 g/mol. The van der Waals surface area contributed by atoms with Gasteiger partial charge in [0.05, 0.1) is 23.1 Å². The Labute approximate surface area is 178 Å². The van der Waals surface area contributed by atoms with Crippen LogP contribution in [0.5, 0.6) is 5.75 Å². The van der Waals surface area contributed by atoms with Crippen LogP contribution >= 0.6 is 46.8 Å². The SMILES string of the molecule is COc1ccc(NC(=S)NC(=O)c2sc3cc(Cl)ccc3c2Cl)c([N+](=O)[O-])c1. The van der Waals surface area contributed by atoms with Gasteiger partial charge in [-0.1, -0.05) is 29.3 Å². The van der Waals surface area contributed by atoms with Gasteiger partial charge < -0.3 is 10.1 Å². The standard InChI is InChI=1S/C17H11Cl2N3O4S2/c1-26-9-3-5-11(12(7-9)22(24)25)20-17(27)21-16(23)15-14(19)10-4-2-8(18)6-13(10)28-15/h2-7H,1H3,(H2,20,21,23,27). The van der Waals surface area contributed by atoms with Gasteiger partial charge in [0.1, 0.15) is 16.3 Å². The minimum absolute atomic E-state index is 0.107. The molecule has 0 radical (unpaired) electrons. The molecule has 3 rings (SSSR count). The van der Waals surface area contributed by atoms with Crippen molar-refractivity contribution < 1.29 is 14.5 Å². The van der Waals surface area contributed by atoms with Crippen LogP contribution in [0.1, 0.15) is 9.67 Å². The summed E-state index contributed by atoms with van der Waals surface area (Å²) in [5.74, 6) is -0.209. The van der Waals surface area contributed by atoms with Crippen molar-refractivity contribution in [1.29, 1.82) is 0 Å². The van der Waals surface area contributed by atoms with Gasteiger partial charge in [0.2, 0.25) is 0 Å². The summed E-state index contributed by atoms with van der Waals surface area (Å²) in [5.41, 5.74) is -0.129. The van der Waals surface area contributed by atoms with E-state index in [9.17, 15) is 14.9 Å². The van der Waals surface area contributed by atoms with Crippen molar-refractivity contribution >= 4 is 79.2 Å². The molecule has 0 saturated heterocycles. The van der Waals surface area contributed by atoms with E-state index in [4.69, 9.17) is 40.2 Å². The third-order valence-electron chi connectivity index (χ3n) is 3.67. The van der Waals surface area contributed by atoms with Crippen molar-refractivity contribution in [2.75, 3.05) is 12.4 Å². The molecule has 11 heteroatoms. The number of nitro groups is 1. The summed E-state index contributed by atoms with van der Waals surface area (Å²) in [6.45, 7) is 0. The molecular weight excluding hydrogens is 445 g/mol. The molecule has 7 nitrogen and oxygen atoms in total. The highest BCUT2D eigenvalue weighted by Gasteiger charge is 2.20. The molecule has 1 aromatic heterocycles. The number of nitro benzene ring substituents is 1. The maximum atomic E-state index is 12.5. The van der Waals surface area contributed by atoms with E-state index in [2.05, 4.69) is 10.6 Å². The van der Waals surface area contributed by atoms with Crippen LogP contribution in [0.3, 0.4) is 0 Å². The number of hydrogen-bond donors (Lipinski definition) is 2. The van der Waals surface area contributed by atoms with Crippen LogP contribution in [-0.4, -0.2) is 23.1 Å². The number of nitrogens with one attached hydrogen (secondary N) is 2. The molecule has 0 fully saturated rings. The molecule has 1 heterocycles. The number of halogens is 2. The second kappa shape index (κ2) is 8.27. The van der Waals surface area contributed by atoms with Crippen molar-refractivity contribution in [3.63, 3.8) is 0 Å². The van der Waals surface area contributed by atoms with Crippen molar-refractivity contribution in [2.45, 2.75) is 0 Å². The molecule has 0 atom stereocenters. The van der Waals surface area contributed by atoms with E-state index in [0.717, 1.165) is 4.70 Å². The van der Waals surface area contributed by atoms with E-state index < -0.39 is 10.8 Å². The predicted octanol–water partition coefficient (Wildman–Crippen LogP) is 5.25. The Balaban J connectivity index is 1.79. The molecule has 28 heavy (non-hydrogen) atoms. The number of thiophene rings is 1. The van der Waals surface area contributed by atoms with Gasteiger partial charge in [-0.3, -0.25) is 20.2 Å². The minimum Gasteiger partial charge on any atom is -0.496 e. The molecule has 0 bridgehead atoms. The first-order chi connectivity index (χ1) is 13.3. The van der Waals surface area contributed by atoms with Gasteiger partial charge in [-0.05, 0) is 36.5 Å². The zero-order valence-corrected chi connectivity index (χ0v) is 17.3. The number of thiocarbonyl (C=S) groups is 1. The highest BCUT2D eigenvalue weighted by atomic mass is 35.5. The average molecular weight is 456 g/mol. The van der Waals surface area contributed by atoms with Crippen LogP contribution < -0.4 is 15.4 Å². The van der Waals surface area contributed by atoms with E-state index in [-0.39, 0.29) is 26.4 Å². The number of hydrogen-bond acceptors (Lipinski definition) is 6. The lowest BCUT2D eigenvalue weighted by Crippen LogP contribution is -2.34.